The lowest BCUT2D eigenvalue weighted by molar-refractivity contribution is -0.119. The van der Waals surface area contributed by atoms with Crippen LogP contribution < -0.4 is 11.1 Å². The molecule has 0 spiro atoms. The number of pyridine rings is 1. The van der Waals surface area contributed by atoms with E-state index in [0.29, 0.717) is 6.42 Å². The highest BCUT2D eigenvalue weighted by Gasteiger charge is 2.11. The molecule has 88 valence electrons. The van der Waals surface area contributed by atoms with Crippen LogP contribution in [-0.2, 0) is 4.79 Å². The molecule has 1 atom stereocenters. The van der Waals surface area contributed by atoms with Gasteiger partial charge in [-0.15, -0.1) is 11.8 Å². The smallest absolute Gasteiger partial charge is 0.234 e. The molecule has 0 aliphatic heterocycles. The van der Waals surface area contributed by atoms with Crippen LogP contribution in [0.4, 0.5) is 0 Å². The number of rotatable bonds is 6. The van der Waals surface area contributed by atoms with Gasteiger partial charge in [0.15, 0.2) is 0 Å². The first kappa shape index (κ1) is 13.5. The Bertz CT molecular complexity index is 344. The zero-order valence-electron chi connectivity index (χ0n) is 8.94. The number of amides is 1. The molecule has 0 saturated heterocycles. The lowest BCUT2D eigenvalue weighted by Gasteiger charge is -2.10. The predicted molar refractivity (Wildman–Crippen MR) is 69.3 cm³/mol. The Morgan fingerprint density at radius 1 is 1.69 bits per heavy atom. The molecule has 4 nitrogen and oxygen atoms in total. The third-order valence-electron chi connectivity index (χ3n) is 2.05. The molecular weight excluding hydrogens is 290 g/mol. The van der Waals surface area contributed by atoms with Crippen LogP contribution in [0.25, 0.3) is 0 Å². The SMILES string of the molecule is CNC(CCSc1ccc(Br)cn1)C(N)=O. The lowest BCUT2D eigenvalue weighted by Crippen LogP contribution is -2.39. The van der Waals surface area contributed by atoms with Gasteiger partial charge in [0.2, 0.25) is 5.91 Å². The van der Waals surface area contributed by atoms with E-state index in [1.54, 1.807) is 25.0 Å². The molecule has 0 aromatic carbocycles. The van der Waals surface area contributed by atoms with Crippen LogP contribution in [0.3, 0.4) is 0 Å². The minimum Gasteiger partial charge on any atom is -0.368 e. The number of carbonyl (C=O) groups excluding carboxylic acids is 1. The van der Waals surface area contributed by atoms with Gasteiger partial charge in [0, 0.05) is 16.4 Å². The van der Waals surface area contributed by atoms with Crippen LogP contribution in [-0.4, -0.2) is 29.7 Å². The number of carbonyl (C=O) groups is 1. The minimum absolute atomic E-state index is 0.261. The molecule has 0 saturated carbocycles. The van der Waals surface area contributed by atoms with Crippen molar-refractivity contribution in [3.05, 3.63) is 22.8 Å². The van der Waals surface area contributed by atoms with Crippen molar-refractivity contribution in [3.63, 3.8) is 0 Å². The molecule has 0 aliphatic rings. The molecule has 16 heavy (non-hydrogen) atoms. The summed E-state index contributed by atoms with van der Waals surface area (Å²) in [4.78, 5) is 15.2. The first-order valence-corrected chi connectivity index (χ1v) is 6.62. The van der Waals surface area contributed by atoms with Gasteiger partial charge in [-0.05, 0) is 41.5 Å². The Morgan fingerprint density at radius 2 is 2.44 bits per heavy atom. The fraction of sp³-hybridized carbons (Fsp3) is 0.400. The summed E-state index contributed by atoms with van der Waals surface area (Å²) in [7, 11) is 1.73. The van der Waals surface area contributed by atoms with Crippen molar-refractivity contribution < 1.29 is 4.79 Å². The Morgan fingerprint density at radius 3 is 2.94 bits per heavy atom. The van der Waals surface area contributed by atoms with Crippen LogP contribution in [0.15, 0.2) is 27.8 Å². The van der Waals surface area contributed by atoms with Crippen LogP contribution in [0.2, 0.25) is 0 Å². The summed E-state index contributed by atoms with van der Waals surface area (Å²) in [6.07, 6.45) is 2.46. The monoisotopic (exact) mass is 303 g/mol. The van der Waals surface area contributed by atoms with Gasteiger partial charge in [-0.3, -0.25) is 4.79 Å². The van der Waals surface area contributed by atoms with Gasteiger partial charge in [0.25, 0.3) is 0 Å². The Hall–Kier alpha value is -0.590. The number of nitrogens with zero attached hydrogens (tertiary/aromatic N) is 1. The molecule has 1 unspecified atom stereocenters. The normalized spacial score (nSPS) is 12.4. The second-order valence-corrected chi connectivity index (χ2v) is 5.23. The average molecular weight is 304 g/mol. The average Bonchev–Trinajstić information content (AvgIpc) is 2.26. The highest BCUT2D eigenvalue weighted by Crippen LogP contribution is 2.18. The van der Waals surface area contributed by atoms with Crippen molar-refractivity contribution in [1.29, 1.82) is 0 Å². The molecule has 0 bridgehead atoms. The summed E-state index contributed by atoms with van der Waals surface area (Å²) >= 11 is 4.93. The summed E-state index contributed by atoms with van der Waals surface area (Å²) < 4.78 is 0.960. The number of halogens is 1. The van der Waals surface area contributed by atoms with E-state index in [-0.39, 0.29) is 11.9 Å². The van der Waals surface area contributed by atoms with Crippen molar-refractivity contribution >= 4 is 33.6 Å². The zero-order chi connectivity index (χ0) is 12.0. The van der Waals surface area contributed by atoms with Crippen molar-refractivity contribution in [2.24, 2.45) is 5.73 Å². The minimum atomic E-state index is -0.313. The summed E-state index contributed by atoms with van der Waals surface area (Å²) in [6.45, 7) is 0. The molecule has 1 heterocycles. The third-order valence-corrected chi connectivity index (χ3v) is 3.49. The van der Waals surface area contributed by atoms with Crippen molar-refractivity contribution in [2.75, 3.05) is 12.8 Å². The largest absolute Gasteiger partial charge is 0.368 e. The van der Waals surface area contributed by atoms with E-state index in [1.165, 1.54) is 0 Å². The molecule has 0 aliphatic carbocycles. The number of aromatic nitrogens is 1. The van der Waals surface area contributed by atoms with Gasteiger partial charge in [0.1, 0.15) is 0 Å². The number of hydrogen-bond acceptors (Lipinski definition) is 4. The number of likely N-dealkylation sites (N-methyl/N-ethyl adjacent to an activating group) is 1. The number of nitrogens with two attached hydrogens (primary N) is 1. The molecule has 1 aromatic rings. The van der Waals surface area contributed by atoms with Crippen LogP contribution >= 0.6 is 27.7 Å². The van der Waals surface area contributed by atoms with E-state index < -0.39 is 0 Å². The molecular formula is C10H14BrN3OS. The summed E-state index contributed by atoms with van der Waals surface area (Å²) in [5, 5.41) is 3.83. The molecule has 0 radical (unpaired) electrons. The van der Waals surface area contributed by atoms with Crippen molar-refractivity contribution in [1.82, 2.24) is 10.3 Å². The van der Waals surface area contributed by atoms with E-state index in [9.17, 15) is 4.79 Å². The second-order valence-electron chi connectivity index (χ2n) is 3.20. The number of hydrogen-bond donors (Lipinski definition) is 2. The topological polar surface area (TPSA) is 68.0 Å². The van der Waals surface area contributed by atoms with E-state index in [1.807, 2.05) is 12.1 Å². The van der Waals surface area contributed by atoms with Crippen LogP contribution in [0, 0.1) is 0 Å². The number of nitrogens with one attached hydrogen (secondary N) is 1. The van der Waals surface area contributed by atoms with Gasteiger partial charge < -0.3 is 11.1 Å². The molecule has 0 fully saturated rings. The molecule has 3 N–H and O–H groups in total. The van der Waals surface area contributed by atoms with Gasteiger partial charge >= 0.3 is 0 Å². The van der Waals surface area contributed by atoms with E-state index in [0.717, 1.165) is 15.3 Å². The Kier molecular flexibility index (Phi) is 5.79. The standard InChI is InChI=1S/C10H14BrN3OS/c1-13-8(10(12)15)4-5-16-9-3-2-7(11)6-14-9/h2-3,6,8,13H,4-5H2,1H3,(H2,12,15). The quantitative estimate of drug-likeness (QED) is 0.780. The maximum Gasteiger partial charge on any atom is 0.234 e. The molecule has 1 aromatic heterocycles. The summed E-state index contributed by atoms with van der Waals surface area (Å²) in [5.41, 5.74) is 5.21. The Labute approximate surface area is 108 Å². The predicted octanol–water partition coefficient (Wildman–Crippen LogP) is 1.40. The maximum atomic E-state index is 10.9. The highest BCUT2D eigenvalue weighted by molar-refractivity contribution is 9.10. The highest BCUT2D eigenvalue weighted by atomic mass is 79.9. The fourth-order valence-electron chi connectivity index (χ4n) is 1.16. The molecule has 1 amide bonds. The Balaban J connectivity index is 2.35. The third kappa shape index (κ3) is 4.51. The fourth-order valence-corrected chi connectivity index (χ4v) is 2.25. The lowest BCUT2D eigenvalue weighted by atomic mass is 10.2. The van der Waals surface area contributed by atoms with Gasteiger partial charge in [-0.2, -0.15) is 0 Å². The van der Waals surface area contributed by atoms with Crippen molar-refractivity contribution in [2.45, 2.75) is 17.5 Å². The van der Waals surface area contributed by atoms with Crippen molar-refractivity contribution in [3.8, 4) is 0 Å². The van der Waals surface area contributed by atoms with Crippen LogP contribution in [0.5, 0.6) is 0 Å². The molecule has 1 rings (SSSR count). The summed E-state index contributed by atoms with van der Waals surface area (Å²) in [5.74, 6) is 0.496. The first-order valence-electron chi connectivity index (χ1n) is 4.84. The van der Waals surface area contributed by atoms with E-state index >= 15 is 0 Å². The second kappa shape index (κ2) is 6.88. The van der Waals surface area contributed by atoms with Gasteiger partial charge in [-0.1, -0.05) is 0 Å². The zero-order valence-corrected chi connectivity index (χ0v) is 11.3. The molecule has 6 heteroatoms. The first-order chi connectivity index (χ1) is 7.63. The van der Waals surface area contributed by atoms with E-state index in [4.69, 9.17) is 5.73 Å². The van der Waals surface area contributed by atoms with E-state index in [2.05, 4.69) is 26.2 Å². The van der Waals surface area contributed by atoms with Crippen LogP contribution in [0.1, 0.15) is 6.42 Å². The number of thioether (sulfide) groups is 1. The van der Waals surface area contributed by atoms with Gasteiger partial charge in [0.05, 0.1) is 11.1 Å². The summed E-state index contributed by atoms with van der Waals surface area (Å²) in [6, 6.07) is 3.62. The maximum absolute atomic E-state index is 10.9. The van der Waals surface area contributed by atoms with Gasteiger partial charge in [-0.25, -0.2) is 4.98 Å². The number of primary amides is 1.